The lowest BCUT2D eigenvalue weighted by atomic mass is 9.85. The van der Waals surface area contributed by atoms with Gasteiger partial charge in [0.1, 0.15) is 17.1 Å². The van der Waals surface area contributed by atoms with E-state index in [1.807, 2.05) is 39.8 Å². The van der Waals surface area contributed by atoms with E-state index < -0.39 is 5.41 Å². The fourth-order valence-electron chi connectivity index (χ4n) is 3.24. The molecule has 0 radical (unpaired) electrons. The van der Waals surface area contributed by atoms with Crippen LogP contribution in [0.5, 0.6) is 11.5 Å². The lowest BCUT2D eigenvalue weighted by Crippen LogP contribution is -2.30. The predicted octanol–water partition coefficient (Wildman–Crippen LogP) is 7.19. The zero-order valence-electron chi connectivity index (χ0n) is 20.0. The molecule has 2 aromatic carbocycles. The average Bonchev–Trinajstić information content (AvgIpc) is 2.71. The van der Waals surface area contributed by atoms with E-state index >= 15 is 0 Å². The van der Waals surface area contributed by atoms with Gasteiger partial charge in [-0.1, -0.05) is 45.0 Å². The summed E-state index contributed by atoms with van der Waals surface area (Å²) in [4.78, 5) is 12.6. The number of aryl methyl sites for hydroxylation is 2. The first-order chi connectivity index (χ1) is 14.0. The molecule has 164 valence electrons. The molecule has 2 aromatic rings. The van der Waals surface area contributed by atoms with Gasteiger partial charge in [0.2, 0.25) is 0 Å². The fraction of sp³-hybridized carbons (Fsp3) is 0.519. The summed E-state index contributed by atoms with van der Waals surface area (Å²) >= 11 is 0. The third-order valence-electron chi connectivity index (χ3n) is 6.38. The molecular weight excluding hydrogens is 372 g/mol. The second-order valence-corrected chi connectivity index (χ2v) is 9.25. The molecule has 3 heteroatoms. The number of esters is 1. The molecule has 3 nitrogen and oxygen atoms in total. The number of carbonyl (C=O) groups is 1. The molecule has 0 aromatic heterocycles. The number of hydrogen-bond donors (Lipinski definition) is 0. The van der Waals surface area contributed by atoms with Gasteiger partial charge in [0.25, 0.3) is 0 Å². The predicted molar refractivity (Wildman–Crippen MR) is 124 cm³/mol. The van der Waals surface area contributed by atoms with Crippen LogP contribution < -0.4 is 9.47 Å². The smallest absolute Gasteiger partial charge is 0.317 e. The zero-order chi connectivity index (χ0) is 22.5. The van der Waals surface area contributed by atoms with Crippen LogP contribution >= 0.6 is 0 Å². The Hall–Kier alpha value is -2.29. The van der Waals surface area contributed by atoms with E-state index in [4.69, 9.17) is 9.47 Å². The molecule has 0 saturated heterocycles. The maximum Gasteiger partial charge on any atom is 0.317 e. The molecular formula is C27H38O3. The van der Waals surface area contributed by atoms with E-state index in [1.54, 1.807) is 0 Å². The van der Waals surface area contributed by atoms with Gasteiger partial charge in [-0.3, -0.25) is 4.79 Å². The largest absolute Gasteiger partial charge is 0.488 e. The molecule has 0 spiro atoms. The Bertz CT molecular complexity index is 876. The maximum atomic E-state index is 12.6. The summed E-state index contributed by atoms with van der Waals surface area (Å²) in [7, 11) is 0. The minimum atomic E-state index is -0.432. The molecule has 0 aliphatic heterocycles. The normalized spacial score (nSPS) is 12.0. The summed E-state index contributed by atoms with van der Waals surface area (Å²) in [5.41, 5.74) is 3.97. The Labute approximate surface area is 182 Å². The van der Waals surface area contributed by atoms with E-state index in [9.17, 15) is 4.79 Å². The van der Waals surface area contributed by atoms with Gasteiger partial charge in [0.15, 0.2) is 0 Å². The van der Waals surface area contributed by atoms with Crippen molar-refractivity contribution in [3.63, 3.8) is 0 Å². The SMILES string of the molecule is CCC(C)(C)Oc1ccc(Cc2ccc(OC(=O)C(C)(CC)CC)c(C)c2)cc1C. The van der Waals surface area contributed by atoms with Crippen molar-refractivity contribution in [1.82, 2.24) is 0 Å². The lowest BCUT2D eigenvalue weighted by molar-refractivity contribution is -0.145. The van der Waals surface area contributed by atoms with Crippen molar-refractivity contribution in [3.8, 4) is 11.5 Å². The second kappa shape index (κ2) is 9.68. The van der Waals surface area contributed by atoms with E-state index in [-0.39, 0.29) is 11.6 Å². The first-order valence-corrected chi connectivity index (χ1v) is 11.1. The molecule has 0 N–H and O–H groups in total. The van der Waals surface area contributed by atoms with Gasteiger partial charge in [-0.2, -0.15) is 0 Å². The van der Waals surface area contributed by atoms with Gasteiger partial charge in [-0.15, -0.1) is 0 Å². The number of ether oxygens (including phenoxy) is 2. The summed E-state index contributed by atoms with van der Waals surface area (Å²) < 4.78 is 11.9. The molecule has 30 heavy (non-hydrogen) atoms. The van der Waals surface area contributed by atoms with E-state index in [0.29, 0.717) is 5.75 Å². The second-order valence-electron chi connectivity index (χ2n) is 9.25. The molecule has 0 amide bonds. The Morgan fingerprint density at radius 2 is 1.30 bits per heavy atom. The maximum absolute atomic E-state index is 12.6. The van der Waals surface area contributed by atoms with Gasteiger partial charge in [0.05, 0.1) is 5.41 Å². The van der Waals surface area contributed by atoms with Gasteiger partial charge < -0.3 is 9.47 Å². The minimum absolute atomic E-state index is 0.149. The van der Waals surface area contributed by atoms with Crippen LogP contribution in [-0.4, -0.2) is 11.6 Å². The van der Waals surface area contributed by atoms with E-state index in [2.05, 4.69) is 52.0 Å². The molecule has 0 saturated carbocycles. The molecule has 0 heterocycles. The molecule has 0 aliphatic carbocycles. The van der Waals surface area contributed by atoms with E-state index in [0.717, 1.165) is 42.6 Å². The molecule has 0 unspecified atom stereocenters. The van der Waals surface area contributed by atoms with Crippen LogP contribution in [0.1, 0.15) is 83.1 Å². The Kier molecular flexibility index (Phi) is 7.74. The highest BCUT2D eigenvalue weighted by atomic mass is 16.5. The van der Waals surface area contributed by atoms with Crippen LogP contribution in [0.2, 0.25) is 0 Å². The standard InChI is InChI=1S/C27H38O3/c1-9-26(6,7)30-24-15-13-22(17-20(24)5)18-21-12-14-23(19(4)16-21)29-25(28)27(8,10-2)11-3/h12-17H,9-11,18H2,1-8H3. The minimum Gasteiger partial charge on any atom is -0.488 e. The summed E-state index contributed by atoms with van der Waals surface area (Å²) in [5.74, 6) is 1.45. The Morgan fingerprint density at radius 1 is 0.800 bits per heavy atom. The van der Waals surface area contributed by atoms with Gasteiger partial charge in [-0.25, -0.2) is 0 Å². The van der Waals surface area contributed by atoms with Crippen molar-refractivity contribution in [2.45, 2.75) is 86.7 Å². The number of benzene rings is 2. The van der Waals surface area contributed by atoms with Gasteiger partial charge in [0, 0.05) is 0 Å². The summed E-state index contributed by atoms with van der Waals surface area (Å²) in [5, 5.41) is 0. The van der Waals surface area contributed by atoms with Crippen LogP contribution in [0.3, 0.4) is 0 Å². The highest BCUT2D eigenvalue weighted by Crippen LogP contribution is 2.30. The summed E-state index contributed by atoms with van der Waals surface area (Å²) in [6.07, 6.45) is 3.33. The third-order valence-corrected chi connectivity index (χ3v) is 6.38. The highest BCUT2D eigenvalue weighted by molar-refractivity contribution is 5.79. The molecule has 2 rings (SSSR count). The van der Waals surface area contributed by atoms with Crippen LogP contribution in [-0.2, 0) is 11.2 Å². The molecule has 0 bridgehead atoms. The van der Waals surface area contributed by atoms with Crippen molar-refractivity contribution < 1.29 is 14.3 Å². The third kappa shape index (κ3) is 5.87. The van der Waals surface area contributed by atoms with Gasteiger partial charge in [-0.05, 0) is 94.7 Å². The number of rotatable bonds is 9. The Morgan fingerprint density at radius 3 is 1.73 bits per heavy atom. The number of carbonyl (C=O) groups excluding carboxylic acids is 1. The first-order valence-electron chi connectivity index (χ1n) is 11.1. The quantitative estimate of drug-likeness (QED) is 0.324. The highest BCUT2D eigenvalue weighted by Gasteiger charge is 2.31. The van der Waals surface area contributed by atoms with Crippen LogP contribution in [0, 0.1) is 19.3 Å². The number of hydrogen-bond acceptors (Lipinski definition) is 3. The fourth-order valence-corrected chi connectivity index (χ4v) is 3.24. The van der Waals surface area contributed by atoms with Crippen molar-refractivity contribution in [2.24, 2.45) is 5.41 Å². The van der Waals surface area contributed by atoms with Crippen molar-refractivity contribution in [2.75, 3.05) is 0 Å². The Balaban J connectivity index is 2.12. The molecule has 0 fully saturated rings. The zero-order valence-corrected chi connectivity index (χ0v) is 20.0. The van der Waals surface area contributed by atoms with Crippen LogP contribution in [0.25, 0.3) is 0 Å². The topological polar surface area (TPSA) is 35.5 Å². The van der Waals surface area contributed by atoms with E-state index in [1.165, 1.54) is 11.1 Å². The van der Waals surface area contributed by atoms with Gasteiger partial charge >= 0.3 is 5.97 Å². The lowest BCUT2D eigenvalue weighted by Gasteiger charge is -2.26. The first kappa shape index (κ1) is 24.0. The average molecular weight is 411 g/mol. The van der Waals surface area contributed by atoms with Crippen molar-refractivity contribution >= 4 is 5.97 Å². The summed E-state index contributed by atoms with van der Waals surface area (Å²) in [6.45, 7) is 16.5. The van der Waals surface area contributed by atoms with Crippen molar-refractivity contribution in [1.29, 1.82) is 0 Å². The monoisotopic (exact) mass is 410 g/mol. The molecule has 0 atom stereocenters. The summed E-state index contributed by atoms with van der Waals surface area (Å²) in [6, 6.07) is 12.5. The van der Waals surface area contributed by atoms with Crippen LogP contribution in [0.4, 0.5) is 0 Å². The molecule has 0 aliphatic rings. The van der Waals surface area contributed by atoms with Crippen LogP contribution in [0.15, 0.2) is 36.4 Å². The van der Waals surface area contributed by atoms with Crippen molar-refractivity contribution in [3.05, 3.63) is 58.7 Å².